The predicted octanol–water partition coefficient (Wildman–Crippen LogP) is 3.82. The second kappa shape index (κ2) is 9.99. The lowest BCUT2D eigenvalue weighted by molar-refractivity contribution is 0.264. The number of hydrogen-bond acceptors (Lipinski definition) is 4. The molecule has 1 atom stereocenters. The number of rotatable bonds is 5. The van der Waals surface area contributed by atoms with Crippen molar-refractivity contribution in [1.29, 1.82) is 0 Å². The molecule has 0 aliphatic carbocycles. The van der Waals surface area contributed by atoms with E-state index in [1.54, 1.807) is 19.2 Å². The molecule has 5 nitrogen and oxygen atoms in total. The Bertz CT molecular complexity index is 768. The number of aliphatic hydroxyl groups excluding tert-OH is 1. The molecular formula is C17H20Cl2O5S. The number of hydrogen-bond donors (Lipinski definition) is 2. The molecule has 0 fully saturated rings. The maximum atomic E-state index is 9.62. The molecular weight excluding hydrogens is 387 g/mol. The fourth-order valence-corrected chi connectivity index (χ4v) is 2.71. The van der Waals surface area contributed by atoms with Crippen molar-refractivity contribution in [3.8, 4) is 5.75 Å². The largest absolute Gasteiger partial charge is 0.497 e. The molecule has 25 heavy (non-hydrogen) atoms. The highest BCUT2D eigenvalue weighted by Crippen LogP contribution is 2.30. The lowest BCUT2D eigenvalue weighted by Crippen LogP contribution is -2.08. The van der Waals surface area contributed by atoms with Crippen molar-refractivity contribution >= 4 is 33.3 Å². The summed E-state index contributed by atoms with van der Waals surface area (Å²) >= 11 is 12.1. The van der Waals surface area contributed by atoms with Crippen LogP contribution in [-0.4, -0.2) is 38.0 Å². The van der Waals surface area contributed by atoms with Gasteiger partial charge in [0.05, 0.1) is 20.0 Å². The fraction of sp³-hybridized carbons (Fsp3) is 0.294. The van der Waals surface area contributed by atoms with E-state index in [1.165, 1.54) is 0 Å². The average Bonchev–Trinajstić information content (AvgIpc) is 2.52. The van der Waals surface area contributed by atoms with Gasteiger partial charge >= 0.3 is 0 Å². The van der Waals surface area contributed by atoms with Crippen LogP contribution in [0.15, 0.2) is 42.5 Å². The molecule has 2 aromatic carbocycles. The van der Waals surface area contributed by atoms with Crippen LogP contribution in [0.5, 0.6) is 5.75 Å². The summed E-state index contributed by atoms with van der Waals surface area (Å²) in [5.41, 5.74) is 2.03. The summed E-state index contributed by atoms with van der Waals surface area (Å²) in [5.74, 6) is 0.770. The molecule has 138 valence electrons. The van der Waals surface area contributed by atoms with Crippen LogP contribution < -0.4 is 4.74 Å². The van der Waals surface area contributed by atoms with E-state index in [1.807, 2.05) is 30.3 Å². The Morgan fingerprint density at radius 1 is 1.12 bits per heavy atom. The highest BCUT2D eigenvalue weighted by molar-refractivity contribution is 7.85. The highest BCUT2D eigenvalue weighted by atomic mass is 35.5. The quantitative estimate of drug-likeness (QED) is 0.737. The zero-order valence-corrected chi connectivity index (χ0v) is 16.1. The van der Waals surface area contributed by atoms with E-state index in [0.29, 0.717) is 22.7 Å². The van der Waals surface area contributed by atoms with Gasteiger partial charge in [0.2, 0.25) is 0 Å². The van der Waals surface area contributed by atoms with Crippen molar-refractivity contribution in [3.05, 3.63) is 63.6 Å². The Morgan fingerprint density at radius 3 is 2.12 bits per heavy atom. The molecule has 8 heteroatoms. The molecule has 2 aromatic rings. The zero-order valence-electron chi connectivity index (χ0n) is 13.8. The first kappa shape index (κ1) is 21.7. The number of ether oxygens (including phenoxy) is 1. The predicted molar refractivity (Wildman–Crippen MR) is 100 cm³/mol. The minimum atomic E-state index is -3.67. The van der Waals surface area contributed by atoms with E-state index in [9.17, 15) is 13.5 Å². The molecule has 2 N–H and O–H groups in total. The standard InChI is InChI=1S/C16H16Cl2O2.CH4O3S/c1-20-14-5-2-11(3-6-14)8-12(10-19)15-7-4-13(17)9-16(15)18;1-5(2,3)4/h2-7,9,12,19H,8,10H2,1H3;1H3,(H,2,3,4). The molecule has 0 radical (unpaired) electrons. The number of methoxy groups -OCH3 is 1. The Kier molecular flexibility index (Phi) is 8.68. The first-order valence-corrected chi connectivity index (χ1v) is 9.85. The third-order valence-electron chi connectivity index (χ3n) is 3.26. The second-order valence-electron chi connectivity index (χ2n) is 5.33. The summed E-state index contributed by atoms with van der Waals surface area (Å²) in [5, 5.41) is 10.8. The first-order chi connectivity index (χ1) is 11.6. The molecule has 0 saturated heterocycles. The van der Waals surface area contributed by atoms with Crippen LogP contribution in [0.25, 0.3) is 0 Å². The number of benzene rings is 2. The van der Waals surface area contributed by atoms with E-state index < -0.39 is 10.1 Å². The Labute approximate surface area is 157 Å². The summed E-state index contributed by atoms with van der Waals surface area (Å²) in [7, 11) is -2.03. The summed E-state index contributed by atoms with van der Waals surface area (Å²) < 4.78 is 31.0. The lowest BCUT2D eigenvalue weighted by atomic mass is 9.92. The van der Waals surface area contributed by atoms with Gasteiger partial charge in [0, 0.05) is 16.0 Å². The first-order valence-electron chi connectivity index (χ1n) is 7.25. The third kappa shape index (κ3) is 8.56. The van der Waals surface area contributed by atoms with Crippen LogP contribution in [0.1, 0.15) is 17.0 Å². The Balaban J connectivity index is 0.000000550. The Hall–Kier alpha value is -1.31. The number of aliphatic hydroxyl groups is 1. The van der Waals surface area contributed by atoms with Gasteiger partial charge in [0.25, 0.3) is 10.1 Å². The van der Waals surface area contributed by atoms with Gasteiger partial charge in [0.15, 0.2) is 0 Å². The third-order valence-corrected chi connectivity index (χ3v) is 3.83. The van der Waals surface area contributed by atoms with Crippen molar-refractivity contribution in [2.45, 2.75) is 12.3 Å². The van der Waals surface area contributed by atoms with Crippen LogP contribution in [0.3, 0.4) is 0 Å². The minimum absolute atomic E-state index is 0.0351. The van der Waals surface area contributed by atoms with Crippen LogP contribution in [0.2, 0.25) is 10.0 Å². The monoisotopic (exact) mass is 406 g/mol. The van der Waals surface area contributed by atoms with Crippen molar-refractivity contribution in [2.24, 2.45) is 0 Å². The van der Waals surface area contributed by atoms with Gasteiger partial charge in [-0.05, 0) is 41.8 Å². The molecule has 0 aromatic heterocycles. The average molecular weight is 407 g/mol. The van der Waals surface area contributed by atoms with Gasteiger partial charge in [-0.2, -0.15) is 8.42 Å². The van der Waals surface area contributed by atoms with E-state index >= 15 is 0 Å². The molecule has 0 bridgehead atoms. The molecule has 0 saturated carbocycles. The van der Waals surface area contributed by atoms with Crippen LogP contribution in [0.4, 0.5) is 0 Å². The minimum Gasteiger partial charge on any atom is -0.497 e. The highest BCUT2D eigenvalue weighted by Gasteiger charge is 2.15. The molecule has 0 aliphatic rings. The smallest absolute Gasteiger partial charge is 0.261 e. The van der Waals surface area contributed by atoms with Crippen molar-refractivity contribution < 1.29 is 22.8 Å². The lowest BCUT2D eigenvalue weighted by Gasteiger charge is -2.16. The van der Waals surface area contributed by atoms with E-state index in [-0.39, 0.29) is 12.5 Å². The van der Waals surface area contributed by atoms with Gasteiger partial charge in [-0.1, -0.05) is 41.4 Å². The fourth-order valence-electron chi connectivity index (χ4n) is 2.15. The summed E-state index contributed by atoms with van der Waals surface area (Å²) in [6, 6.07) is 13.2. The Morgan fingerprint density at radius 2 is 1.68 bits per heavy atom. The maximum absolute atomic E-state index is 9.62. The van der Waals surface area contributed by atoms with Crippen molar-refractivity contribution in [3.63, 3.8) is 0 Å². The molecule has 0 heterocycles. The van der Waals surface area contributed by atoms with Gasteiger partial charge in [-0.3, -0.25) is 4.55 Å². The zero-order chi connectivity index (χ0) is 19.0. The van der Waals surface area contributed by atoms with E-state index in [2.05, 4.69) is 0 Å². The summed E-state index contributed by atoms with van der Waals surface area (Å²) in [4.78, 5) is 0. The molecule has 0 spiro atoms. The van der Waals surface area contributed by atoms with E-state index in [0.717, 1.165) is 16.9 Å². The molecule has 0 amide bonds. The van der Waals surface area contributed by atoms with Gasteiger partial charge in [-0.15, -0.1) is 0 Å². The second-order valence-corrected chi connectivity index (χ2v) is 7.64. The molecule has 0 aliphatic heterocycles. The van der Waals surface area contributed by atoms with Gasteiger partial charge in [-0.25, -0.2) is 0 Å². The van der Waals surface area contributed by atoms with Gasteiger partial charge in [0.1, 0.15) is 5.75 Å². The summed E-state index contributed by atoms with van der Waals surface area (Å²) in [6.45, 7) is 0.0351. The maximum Gasteiger partial charge on any atom is 0.261 e. The van der Waals surface area contributed by atoms with Crippen LogP contribution in [0, 0.1) is 0 Å². The van der Waals surface area contributed by atoms with E-state index in [4.69, 9.17) is 32.5 Å². The topological polar surface area (TPSA) is 83.8 Å². The summed E-state index contributed by atoms with van der Waals surface area (Å²) in [6.07, 6.45) is 1.43. The molecule has 1 unspecified atom stereocenters. The normalized spacial score (nSPS) is 12.1. The SMILES string of the molecule is COc1ccc(CC(CO)c2ccc(Cl)cc2Cl)cc1.CS(=O)(=O)O. The van der Waals surface area contributed by atoms with Crippen LogP contribution >= 0.6 is 23.2 Å². The van der Waals surface area contributed by atoms with Crippen molar-refractivity contribution in [2.75, 3.05) is 20.0 Å². The molecule has 2 rings (SSSR count). The van der Waals surface area contributed by atoms with Crippen molar-refractivity contribution in [1.82, 2.24) is 0 Å². The number of halogens is 2. The van der Waals surface area contributed by atoms with Crippen LogP contribution in [-0.2, 0) is 16.5 Å². The van der Waals surface area contributed by atoms with Gasteiger partial charge < -0.3 is 9.84 Å².